The predicted octanol–water partition coefficient (Wildman–Crippen LogP) is 19.9. The first-order valence-corrected chi connectivity index (χ1v) is 34.4. The molecule has 3 atom stereocenters. The zero-order chi connectivity index (χ0) is 56.9. The van der Waals surface area contributed by atoms with Crippen molar-refractivity contribution in [2.24, 2.45) is 0 Å². The average Bonchev–Trinajstić information content (AvgIpc) is 3.43. The first-order valence-electron chi connectivity index (χ1n) is 32.9. The van der Waals surface area contributed by atoms with Gasteiger partial charge in [-0.2, -0.15) is 0 Å². The number of hydrogen-bond acceptors (Lipinski definition) is 10. The van der Waals surface area contributed by atoms with Gasteiger partial charge in [-0.05, 0) is 96.3 Å². The van der Waals surface area contributed by atoms with E-state index in [0.29, 0.717) is 19.3 Å². The molecule has 78 heavy (non-hydrogen) atoms. The highest BCUT2D eigenvalue weighted by atomic mass is 31.2. The number of allylic oxidation sites excluding steroid dienone is 6. The van der Waals surface area contributed by atoms with Crippen LogP contribution in [0.25, 0.3) is 0 Å². The van der Waals surface area contributed by atoms with Crippen molar-refractivity contribution in [3.63, 3.8) is 0 Å². The summed E-state index contributed by atoms with van der Waals surface area (Å²) in [5, 5.41) is 9.84. The van der Waals surface area contributed by atoms with E-state index in [0.717, 1.165) is 77.0 Å². The number of aliphatic hydroxyl groups excluding tert-OH is 1. The van der Waals surface area contributed by atoms with E-state index in [1.165, 1.54) is 193 Å². The minimum absolute atomic E-state index is 0.168. The molecule has 3 unspecified atom stereocenters. The van der Waals surface area contributed by atoms with Crippen LogP contribution < -0.4 is 0 Å². The second-order valence-corrected chi connectivity index (χ2v) is 23.7. The van der Waals surface area contributed by atoms with Gasteiger partial charge in [-0.25, -0.2) is 4.57 Å². The van der Waals surface area contributed by atoms with E-state index in [1.54, 1.807) is 0 Å². The standard InChI is InChI=1S/C66H123O11P/c1-4-7-10-13-16-19-22-25-27-29-31-33-35-38-40-43-46-49-52-55-64(68)73-59-63(77-66(70)57-54-51-48-45-42-39-36-34-32-30-28-26-23-20-17-14-11-8-5-2)61-75-78(71,72)74-60-62(58-67)76-65(69)56-53-50-47-44-41-37-24-21-18-15-12-9-6-3/h21,24-28,62-63,67H,4-20,22-23,29-61H2,1-3H3,(H,71,72)/b24-21-,27-25-,28-26-. The Morgan fingerprint density at radius 2 is 0.590 bits per heavy atom. The largest absolute Gasteiger partial charge is 0.472 e. The van der Waals surface area contributed by atoms with Gasteiger partial charge in [0.1, 0.15) is 12.7 Å². The number of unbranched alkanes of at least 4 members (excludes halogenated alkanes) is 39. The molecule has 0 saturated carbocycles. The van der Waals surface area contributed by atoms with Crippen LogP contribution in [0.3, 0.4) is 0 Å². The van der Waals surface area contributed by atoms with Crippen molar-refractivity contribution < 1.29 is 52.2 Å². The van der Waals surface area contributed by atoms with Crippen LogP contribution in [0.5, 0.6) is 0 Å². The van der Waals surface area contributed by atoms with Gasteiger partial charge in [-0.15, -0.1) is 0 Å². The van der Waals surface area contributed by atoms with Crippen molar-refractivity contribution in [2.75, 3.05) is 26.4 Å². The number of esters is 3. The van der Waals surface area contributed by atoms with Crippen LogP contribution in [0.2, 0.25) is 0 Å². The van der Waals surface area contributed by atoms with E-state index in [-0.39, 0.29) is 25.9 Å². The molecule has 0 aliphatic heterocycles. The van der Waals surface area contributed by atoms with Crippen molar-refractivity contribution in [2.45, 2.75) is 341 Å². The van der Waals surface area contributed by atoms with E-state index >= 15 is 0 Å². The topological polar surface area (TPSA) is 155 Å². The molecule has 0 saturated heterocycles. The molecule has 0 aliphatic carbocycles. The molecule has 11 nitrogen and oxygen atoms in total. The molecule has 12 heteroatoms. The van der Waals surface area contributed by atoms with Gasteiger partial charge in [0.25, 0.3) is 0 Å². The number of carbonyl (C=O) groups is 3. The van der Waals surface area contributed by atoms with E-state index < -0.39 is 57.8 Å². The SMILES string of the molecule is CCCCCC/C=C\CCCCCCCC(=O)OC(CO)COP(=O)(O)OCC(COC(=O)CCCCCCCCCCC/C=C\CCCCCCCC)OC(=O)CCCCCCCCCCC/C=C\CCCCCCCC. The van der Waals surface area contributed by atoms with Crippen LogP contribution in [0.4, 0.5) is 0 Å². The van der Waals surface area contributed by atoms with E-state index in [2.05, 4.69) is 57.2 Å². The lowest BCUT2D eigenvalue weighted by molar-refractivity contribution is -0.161. The van der Waals surface area contributed by atoms with Gasteiger partial charge >= 0.3 is 25.7 Å². The number of hydrogen-bond donors (Lipinski definition) is 2. The third kappa shape index (κ3) is 58.4. The smallest absolute Gasteiger partial charge is 0.462 e. The Bertz CT molecular complexity index is 1450. The fourth-order valence-electron chi connectivity index (χ4n) is 9.46. The zero-order valence-corrected chi connectivity index (χ0v) is 51.8. The van der Waals surface area contributed by atoms with Crippen molar-refractivity contribution in [3.8, 4) is 0 Å². The predicted molar refractivity (Wildman–Crippen MR) is 326 cm³/mol. The van der Waals surface area contributed by atoms with Crippen LogP contribution in [0, 0.1) is 0 Å². The molecule has 0 aromatic heterocycles. The van der Waals surface area contributed by atoms with Crippen molar-refractivity contribution in [3.05, 3.63) is 36.5 Å². The number of rotatable bonds is 62. The highest BCUT2D eigenvalue weighted by Gasteiger charge is 2.28. The second kappa shape index (κ2) is 60.8. The number of ether oxygens (including phenoxy) is 3. The summed E-state index contributed by atoms with van der Waals surface area (Å²) in [4.78, 5) is 48.7. The van der Waals surface area contributed by atoms with Crippen LogP contribution >= 0.6 is 7.82 Å². The van der Waals surface area contributed by atoms with E-state index in [4.69, 9.17) is 23.3 Å². The molecule has 0 rings (SSSR count). The monoisotopic (exact) mass is 1120 g/mol. The van der Waals surface area contributed by atoms with Crippen LogP contribution in [-0.4, -0.2) is 66.5 Å². The lowest BCUT2D eigenvalue weighted by Gasteiger charge is -2.21. The Kier molecular flexibility index (Phi) is 59.0. The maximum Gasteiger partial charge on any atom is 0.472 e. The van der Waals surface area contributed by atoms with Crippen LogP contribution in [0.1, 0.15) is 329 Å². The fourth-order valence-corrected chi connectivity index (χ4v) is 10.2. The highest BCUT2D eigenvalue weighted by molar-refractivity contribution is 7.47. The summed E-state index contributed by atoms with van der Waals surface area (Å²) >= 11 is 0. The van der Waals surface area contributed by atoms with Gasteiger partial charge in [0.05, 0.1) is 19.8 Å². The molecule has 0 spiro atoms. The fraction of sp³-hybridized carbons (Fsp3) is 0.864. The first kappa shape index (κ1) is 75.7. The van der Waals surface area contributed by atoms with Gasteiger partial charge < -0.3 is 24.2 Å². The van der Waals surface area contributed by atoms with Crippen LogP contribution in [-0.2, 0) is 42.2 Å². The molecular weight excluding hydrogens is 1000 g/mol. The molecule has 0 aliphatic rings. The summed E-state index contributed by atoms with van der Waals surface area (Å²) in [7, 11) is -4.75. The number of aliphatic hydroxyl groups is 1. The summed E-state index contributed by atoms with van der Waals surface area (Å²) in [5.74, 6) is -1.45. The van der Waals surface area contributed by atoms with Gasteiger partial charge in [-0.1, -0.05) is 250 Å². The summed E-state index contributed by atoms with van der Waals surface area (Å²) in [5.41, 5.74) is 0. The Hall–Kier alpha value is -2.30. The molecule has 0 aromatic rings. The van der Waals surface area contributed by atoms with Crippen molar-refractivity contribution >= 4 is 25.7 Å². The van der Waals surface area contributed by atoms with Gasteiger partial charge in [0.2, 0.25) is 0 Å². The molecule has 458 valence electrons. The van der Waals surface area contributed by atoms with Gasteiger partial charge in [0.15, 0.2) is 6.10 Å². The average molecular weight is 1120 g/mol. The van der Waals surface area contributed by atoms with Gasteiger partial charge in [0, 0.05) is 19.3 Å². The third-order valence-electron chi connectivity index (χ3n) is 14.5. The molecule has 0 fully saturated rings. The van der Waals surface area contributed by atoms with Crippen molar-refractivity contribution in [1.82, 2.24) is 0 Å². The minimum atomic E-state index is -4.75. The summed E-state index contributed by atoms with van der Waals surface area (Å²) in [6.07, 6.45) is 65.2. The zero-order valence-electron chi connectivity index (χ0n) is 50.9. The second-order valence-electron chi connectivity index (χ2n) is 22.3. The van der Waals surface area contributed by atoms with Gasteiger partial charge in [-0.3, -0.25) is 23.4 Å². The summed E-state index contributed by atoms with van der Waals surface area (Å²) in [6.45, 7) is 4.67. The number of carbonyl (C=O) groups excluding carboxylic acids is 3. The maximum atomic E-state index is 13.0. The lowest BCUT2D eigenvalue weighted by Crippen LogP contribution is -2.30. The molecule has 0 amide bonds. The molecule has 0 heterocycles. The van der Waals surface area contributed by atoms with E-state index in [1.807, 2.05) is 0 Å². The van der Waals surface area contributed by atoms with Crippen molar-refractivity contribution in [1.29, 1.82) is 0 Å². The maximum absolute atomic E-state index is 13.0. The molecule has 2 N–H and O–H groups in total. The highest BCUT2D eigenvalue weighted by Crippen LogP contribution is 2.43. The van der Waals surface area contributed by atoms with E-state index in [9.17, 15) is 28.9 Å². The third-order valence-corrected chi connectivity index (χ3v) is 15.5. The Balaban J connectivity index is 4.67. The Labute approximate surface area is 480 Å². The Morgan fingerprint density at radius 1 is 0.346 bits per heavy atom. The Morgan fingerprint density at radius 3 is 0.897 bits per heavy atom. The molecule has 0 bridgehead atoms. The summed E-state index contributed by atoms with van der Waals surface area (Å²) in [6, 6.07) is 0. The minimum Gasteiger partial charge on any atom is -0.462 e. The molecule has 0 aromatic carbocycles. The number of phosphoric acid groups is 1. The quantitative estimate of drug-likeness (QED) is 0.0197. The molecule has 0 radical (unpaired) electrons. The number of phosphoric ester groups is 1. The molecular formula is C66H123O11P. The first-order chi connectivity index (χ1) is 38.2. The van der Waals surface area contributed by atoms with Crippen LogP contribution in [0.15, 0.2) is 36.5 Å². The summed E-state index contributed by atoms with van der Waals surface area (Å²) < 4.78 is 39.7. The normalized spacial score (nSPS) is 13.4. The lowest BCUT2D eigenvalue weighted by atomic mass is 10.1.